The predicted molar refractivity (Wildman–Crippen MR) is 64.5 cm³/mol. The Hall–Kier alpha value is -1.49. The molecule has 0 unspecified atom stereocenters. The van der Waals surface area contributed by atoms with Crippen LogP contribution in [0.15, 0.2) is 35.1 Å². The third kappa shape index (κ3) is 2.50. The first-order valence-electron chi connectivity index (χ1n) is 4.52. The number of aromatic amines is 1. The first kappa shape index (κ1) is 10.0. The molecule has 0 radical (unpaired) electrons. The minimum atomic E-state index is 0.735. The van der Waals surface area contributed by atoms with Crippen LogP contribution >= 0.6 is 15.9 Å². The molecule has 78 valence electrons. The van der Waals surface area contributed by atoms with Gasteiger partial charge in [0, 0.05) is 34.2 Å². The number of halogens is 1. The third-order valence-corrected chi connectivity index (χ3v) is 2.69. The van der Waals surface area contributed by atoms with E-state index in [1.54, 1.807) is 6.20 Å². The Morgan fingerprint density at radius 1 is 1.47 bits per heavy atom. The van der Waals surface area contributed by atoms with Crippen LogP contribution in [0.5, 0.6) is 0 Å². The van der Waals surface area contributed by atoms with Crippen molar-refractivity contribution in [3.05, 3.63) is 40.6 Å². The van der Waals surface area contributed by atoms with Gasteiger partial charge < -0.3 is 11.1 Å². The molecule has 4 nitrogen and oxygen atoms in total. The Morgan fingerprint density at radius 2 is 2.33 bits per heavy atom. The zero-order valence-electron chi connectivity index (χ0n) is 8.00. The van der Waals surface area contributed by atoms with Crippen molar-refractivity contribution in [1.82, 2.24) is 10.2 Å². The Labute approximate surface area is 96.0 Å². The Morgan fingerprint density at radius 3 is 3.00 bits per heavy atom. The van der Waals surface area contributed by atoms with Crippen LogP contribution in [-0.4, -0.2) is 10.2 Å². The maximum absolute atomic E-state index is 5.65. The van der Waals surface area contributed by atoms with Gasteiger partial charge in [-0.2, -0.15) is 5.10 Å². The highest BCUT2D eigenvalue weighted by Gasteiger charge is 2.00. The standard InChI is InChI=1S/C10H11BrN4/c11-9-3-8(12)1-2-10(9)13-4-7-5-14-15-6-7/h1-3,5-6,13H,4,12H2,(H,14,15). The van der Waals surface area contributed by atoms with Gasteiger partial charge in [-0.15, -0.1) is 0 Å². The SMILES string of the molecule is Nc1ccc(NCc2cn[nH]c2)c(Br)c1. The van der Waals surface area contributed by atoms with E-state index >= 15 is 0 Å². The number of H-pyrrole nitrogens is 1. The highest BCUT2D eigenvalue weighted by Crippen LogP contribution is 2.24. The summed E-state index contributed by atoms with van der Waals surface area (Å²) < 4.78 is 0.964. The molecule has 0 saturated heterocycles. The molecule has 0 aliphatic carbocycles. The number of aromatic nitrogens is 2. The molecule has 5 heteroatoms. The van der Waals surface area contributed by atoms with Crippen molar-refractivity contribution in [1.29, 1.82) is 0 Å². The van der Waals surface area contributed by atoms with Gasteiger partial charge in [0.25, 0.3) is 0 Å². The molecule has 15 heavy (non-hydrogen) atoms. The highest BCUT2D eigenvalue weighted by atomic mass is 79.9. The lowest BCUT2D eigenvalue weighted by Crippen LogP contribution is -1.99. The second-order valence-corrected chi connectivity index (χ2v) is 4.05. The van der Waals surface area contributed by atoms with Crippen molar-refractivity contribution in [2.45, 2.75) is 6.54 Å². The summed E-state index contributed by atoms with van der Waals surface area (Å²) in [7, 11) is 0. The fourth-order valence-electron chi connectivity index (χ4n) is 1.25. The van der Waals surface area contributed by atoms with Crippen LogP contribution in [0, 0.1) is 0 Å². The molecule has 0 atom stereocenters. The Balaban J connectivity index is 2.05. The number of nitrogens with two attached hydrogens (primary N) is 1. The third-order valence-electron chi connectivity index (χ3n) is 2.03. The minimum Gasteiger partial charge on any atom is -0.399 e. The van der Waals surface area contributed by atoms with E-state index < -0.39 is 0 Å². The van der Waals surface area contributed by atoms with Gasteiger partial charge in [-0.3, -0.25) is 5.10 Å². The smallest absolute Gasteiger partial charge is 0.0537 e. The van der Waals surface area contributed by atoms with E-state index in [2.05, 4.69) is 31.4 Å². The number of hydrogen-bond donors (Lipinski definition) is 3. The molecule has 2 aromatic rings. The van der Waals surface area contributed by atoms with Crippen molar-refractivity contribution in [3.8, 4) is 0 Å². The molecule has 0 aliphatic rings. The van der Waals surface area contributed by atoms with Crippen LogP contribution in [0.1, 0.15) is 5.56 Å². The van der Waals surface area contributed by atoms with Crippen LogP contribution in [0.3, 0.4) is 0 Å². The predicted octanol–water partition coefficient (Wildman–Crippen LogP) is 2.37. The first-order valence-corrected chi connectivity index (χ1v) is 5.31. The monoisotopic (exact) mass is 266 g/mol. The normalized spacial score (nSPS) is 10.2. The van der Waals surface area contributed by atoms with E-state index in [0.717, 1.165) is 28.0 Å². The summed E-state index contributed by atoms with van der Waals surface area (Å²) in [6, 6.07) is 5.68. The average Bonchev–Trinajstić information content (AvgIpc) is 2.69. The number of benzene rings is 1. The molecule has 0 saturated carbocycles. The average molecular weight is 267 g/mol. The number of nitrogen functional groups attached to an aromatic ring is 1. The summed E-state index contributed by atoms with van der Waals surface area (Å²) in [5, 5.41) is 9.92. The van der Waals surface area contributed by atoms with E-state index in [0.29, 0.717) is 0 Å². The molecule has 1 aromatic carbocycles. The summed E-state index contributed by atoms with van der Waals surface area (Å²) >= 11 is 3.45. The zero-order valence-corrected chi connectivity index (χ0v) is 9.58. The summed E-state index contributed by atoms with van der Waals surface area (Å²) in [5.41, 5.74) is 8.52. The second kappa shape index (κ2) is 4.35. The van der Waals surface area contributed by atoms with E-state index in [1.165, 1.54) is 0 Å². The number of hydrogen-bond acceptors (Lipinski definition) is 3. The minimum absolute atomic E-state index is 0.735. The van der Waals surface area contributed by atoms with Crippen LogP contribution < -0.4 is 11.1 Å². The topological polar surface area (TPSA) is 66.7 Å². The molecule has 2 rings (SSSR count). The van der Waals surface area contributed by atoms with Crippen molar-refractivity contribution >= 4 is 27.3 Å². The molecule has 0 aliphatic heterocycles. The van der Waals surface area contributed by atoms with Crippen LogP contribution in [0.4, 0.5) is 11.4 Å². The van der Waals surface area contributed by atoms with E-state index in [9.17, 15) is 0 Å². The summed E-state index contributed by atoms with van der Waals surface area (Å²) in [6.07, 6.45) is 3.65. The van der Waals surface area contributed by atoms with Gasteiger partial charge in [-0.1, -0.05) is 0 Å². The highest BCUT2D eigenvalue weighted by molar-refractivity contribution is 9.10. The summed E-state index contributed by atoms with van der Waals surface area (Å²) in [6.45, 7) is 0.735. The number of anilines is 2. The molecular formula is C10H11BrN4. The van der Waals surface area contributed by atoms with Crippen LogP contribution in [0.2, 0.25) is 0 Å². The Bertz CT molecular complexity index is 439. The van der Waals surface area contributed by atoms with Gasteiger partial charge in [-0.05, 0) is 34.1 Å². The largest absolute Gasteiger partial charge is 0.399 e. The Kier molecular flexibility index (Phi) is 2.91. The molecule has 0 bridgehead atoms. The van der Waals surface area contributed by atoms with Crippen molar-refractivity contribution in [2.75, 3.05) is 11.1 Å². The molecule has 1 aromatic heterocycles. The fraction of sp³-hybridized carbons (Fsp3) is 0.100. The van der Waals surface area contributed by atoms with Gasteiger partial charge in [0.15, 0.2) is 0 Å². The number of rotatable bonds is 3. The lowest BCUT2D eigenvalue weighted by atomic mass is 10.2. The molecule has 0 fully saturated rings. The van der Waals surface area contributed by atoms with Crippen LogP contribution in [-0.2, 0) is 6.54 Å². The number of nitrogens with zero attached hydrogens (tertiary/aromatic N) is 1. The van der Waals surface area contributed by atoms with Crippen molar-refractivity contribution < 1.29 is 0 Å². The van der Waals surface area contributed by atoms with Gasteiger partial charge in [0.2, 0.25) is 0 Å². The first-order chi connectivity index (χ1) is 7.25. The van der Waals surface area contributed by atoms with Gasteiger partial charge >= 0.3 is 0 Å². The molecular weight excluding hydrogens is 256 g/mol. The van der Waals surface area contributed by atoms with Crippen molar-refractivity contribution in [3.63, 3.8) is 0 Å². The summed E-state index contributed by atoms with van der Waals surface area (Å²) in [4.78, 5) is 0. The molecule has 0 amide bonds. The maximum atomic E-state index is 5.65. The number of nitrogens with one attached hydrogen (secondary N) is 2. The van der Waals surface area contributed by atoms with Gasteiger partial charge in [-0.25, -0.2) is 0 Å². The van der Waals surface area contributed by atoms with E-state index in [4.69, 9.17) is 5.73 Å². The second-order valence-electron chi connectivity index (χ2n) is 3.20. The molecule has 0 spiro atoms. The van der Waals surface area contributed by atoms with Gasteiger partial charge in [0.05, 0.1) is 6.20 Å². The molecule has 4 N–H and O–H groups in total. The van der Waals surface area contributed by atoms with E-state index in [1.807, 2.05) is 24.4 Å². The van der Waals surface area contributed by atoms with Gasteiger partial charge in [0.1, 0.15) is 0 Å². The lowest BCUT2D eigenvalue weighted by Gasteiger charge is -2.07. The van der Waals surface area contributed by atoms with Crippen molar-refractivity contribution in [2.24, 2.45) is 0 Å². The fourth-order valence-corrected chi connectivity index (χ4v) is 1.78. The molecule has 1 heterocycles. The lowest BCUT2D eigenvalue weighted by molar-refractivity contribution is 1.09. The zero-order chi connectivity index (χ0) is 10.7. The van der Waals surface area contributed by atoms with Crippen LogP contribution in [0.25, 0.3) is 0 Å². The quantitative estimate of drug-likeness (QED) is 0.748. The summed E-state index contributed by atoms with van der Waals surface area (Å²) in [5.74, 6) is 0. The van der Waals surface area contributed by atoms with E-state index in [-0.39, 0.29) is 0 Å². The maximum Gasteiger partial charge on any atom is 0.0537 e.